The molecule has 0 spiro atoms. The third-order valence-corrected chi connectivity index (χ3v) is 3.31. The number of aliphatic hydroxyl groups excluding tert-OH is 1. The van der Waals surface area contributed by atoms with Crippen LogP contribution in [-0.4, -0.2) is 42.4 Å². The number of rotatable bonds is 5. The predicted octanol–water partition coefficient (Wildman–Crippen LogP) is 0.601. The van der Waals surface area contributed by atoms with E-state index in [0.717, 1.165) is 11.3 Å². The molecule has 1 aromatic carbocycles. The summed E-state index contributed by atoms with van der Waals surface area (Å²) >= 11 is 0. The molecule has 1 aromatic rings. The molecule has 3 atom stereocenters. The Kier molecular flexibility index (Phi) is 4.98. The molecule has 1 fully saturated rings. The standard InChI is InChI=1S/C15H22N2O3/c1-10-4-3-5-13(6-10)20-11(2)8-17-15(19)14-7-12(18)9-16-14/h3-6,11-12,14,16,18H,7-9H2,1-2H3,(H,17,19). The topological polar surface area (TPSA) is 70.6 Å². The molecule has 1 aliphatic rings. The number of amides is 1. The fourth-order valence-corrected chi connectivity index (χ4v) is 2.25. The summed E-state index contributed by atoms with van der Waals surface area (Å²) in [7, 11) is 0. The Hall–Kier alpha value is -1.59. The van der Waals surface area contributed by atoms with Crippen molar-refractivity contribution in [3.05, 3.63) is 29.8 Å². The summed E-state index contributed by atoms with van der Waals surface area (Å²) in [5.74, 6) is 0.724. The van der Waals surface area contributed by atoms with Gasteiger partial charge in [-0.1, -0.05) is 12.1 Å². The number of carbonyl (C=O) groups excluding carboxylic acids is 1. The monoisotopic (exact) mass is 278 g/mol. The second-order valence-electron chi connectivity index (χ2n) is 5.34. The molecular weight excluding hydrogens is 256 g/mol. The summed E-state index contributed by atoms with van der Waals surface area (Å²) in [4.78, 5) is 11.9. The quantitative estimate of drug-likeness (QED) is 0.738. The Bertz CT molecular complexity index is 464. The van der Waals surface area contributed by atoms with Gasteiger partial charge in [0.25, 0.3) is 0 Å². The Morgan fingerprint density at radius 1 is 1.60 bits per heavy atom. The van der Waals surface area contributed by atoms with E-state index in [1.807, 2.05) is 38.1 Å². The van der Waals surface area contributed by atoms with E-state index in [4.69, 9.17) is 4.74 Å². The van der Waals surface area contributed by atoms with Gasteiger partial charge in [-0.3, -0.25) is 4.79 Å². The fraction of sp³-hybridized carbons (Fsp3) is 0.533. The van der Waals surface area contributed by atoms with Crippen LogP contribution in [0.1, 0.15) is 18.9 Å². The molecule has 0 radical (unpaired) electrons. The molecule has 1 heterocycles. The van der Waals surface area contributed by atoms with Gasteiger partial charge in [0.15, 0.2) is 0 Å². The predicted molar refractivity (Wildman–Crippen MR) is 76.7 cm³/mol. The molecule has 0 bridgehead atoms. The van der Waals surface area contributed by atoms with Crippen LogP contribution in [0, 0.1) is 6.92 Å². The van der Waals surface area contributed by atoms with E-state index >= 15 is 0 Å². The van der Waals surface area contributed by atoms with Gasteiger partial charge >= 0.3 is 0 Å². The van der Waals surface area contributed by atoms with Crippen molar-refractivity contribution < 1.29 is 14.6 Å². The lowest BCUT2D eigenvalue weighted by atomic mass is 10.2. The smallest absolute Gasteiger partial charge is 0.237 e. The molecule has 5 heteroatoms. The Morgan fingerprint density at radius 2 is 2.40 bits per heavy atom. The number of carbonyl (C=O) groups is 1. The van der Waals surface area contributed by atoms with E-state index in [-0.39, 0.29) is 18.1 Å². The first-order valence-electron chi connectivity index (χ1n) is 6.97. The first-order valence-corrected chi connectivity index (χ1v) is 6.97. The Balaban J connectivity index is 1.75. The Morgan fingerprint density at radius 3 is 3.05 bits per heavy atom. The highest BCUT2D eigenvalue weighted by Gasteiger charge is 2.27. The van der Waals surface area contributed by atoms with Crippen LogP contribution in [0.2, 0.25) is 0 Å². The van der Waals surface area contributed by atoms with Gasteiger partial charge in [-0.05, 0) is 38.0 Å². The van der Waals surface area contributed by atoms with Crippen molar-refractivity contribution in [3.63, 3.8) is 0 Å². The largest absolute Gasteiger partial charge is 0.489 e. The number of aryl methyl sites for hydroxylation is 1. The van der Waals surface area contributed by atoms with Gasteiger partial charge in [0.05, 0.1) is 18.7 Å². The fourth-order valence-electron chi connectivity index (χ4n) is 2.25. The van der Waals surface area contributed by atoms with Crippen molar-refractivity contribution in [2.45, 2.75) is 38.5 Å². The minimum atomic E-state index is -0.424. The second kappa shape index (κ2) is 6.72. The highest BCUT2D eigenvalue weighted by atomic mass is 16.5. The Labute approximate surface area is 119 Å². The SMILES string of the molecule is Cc1cccc(OC(C)CNC(=O)C2CC(O)CN2)c1. The third kappa shape index (κ3) is 4.21. The van der Waals surface area contributed by atoms with Gasteiger partial charge in [0.1, 0.15) is 11.9 Å². The van der Waals surface area contributed by atoms with Crippen molar-refractivity contribution >= 4 is 5.91 Å². The first-order chi connectivity index (χ1) is 9.54. The van der Waals surface area contributed by atoms with Gasteiger partial charge in [-0.25, -0.2) is 0 Å². The van der Waals surface area contributed by atoms with Crippen LogP contribution in [0.4, 0.5) is 0 Å². The molecule has 20 heavy (non-hydrogen) atoms. The lowest BCUT2D eigenvalue weighted by Crippen LogP contribution is -2.43. The lowest BCUT2D eigenvalue weighted by molar-refractivity contribution is -0.123. The van der Waals surface area contributed by atoms with E-state index in [2.05, 4.69) is 10.6 Å². The van der Waals surface area contributed by atoms with E-state index in [9.17, 15) is 9.90 Å². The van der Waals surface area contributed by atoms with Crippen molar-refractivity contribution in [1.29, 1.82) is 0 Å². The molecular formula is C15H22N2O3. The van der Waals surface area contributed by atoms with Crippen molar-refractivity contribution in [2.24, 2.45) is 0 Å². The van der Waals surface area contributed by atoms with Gasteiger partial charge in [-0.15, -0.1) is 0 Å². The summed E-state index contributed by atoms with van der Waals surface area (Å²) < 4.78 is 5.74. The van der Waals surface area contributed by atoms with E-state index in [0.29, 0.717) is 19.5 Å². The summed E-state index contributed by atoms with van der Waals surface area (Å²) in [5.41, 5.74) is 1.14. The van der Waals surface area contributed by atoms with Crippen molar-refractivity contribution in [3.8, 4) is 5.75 Å². The number of nitrogens with one attached hydrogen (secondary N) is 2. The zero-order valence-electron chi connectivity index (χ0n) is 11.9. The second-order valence-corrected chi connectivity index (χ2v) is 5.34. The molecule has 5 nitrogen and oxygen atoms in total. The van der Waals surface area contributed by atoms with E-state index in [1.165, 1.54) is 0 Å². The summed E-state index contributed by atoms with van der Waals surface area (Å²) in [6.07, 6.45) is -0.0577. The maximum atomic E-state index is 11.9. The van der Waals surface area contributed by atoms with Gasteiger partial charge in [0.2, 0.25) is 5.91 Å². The number of hydrogen-bond acceptors (Lipinski definition) is 4. The lowest BCUT2D eigenvalue weighted by Gasteiger charge is -2.17. The number of hydrogen-bond donors (Lipinski definition) is 3. The van der Waals surface area contributed by atoms with Crippen LogP contribution in [0.5, 0.6) is 5.75 Å². The highest BCUT2D eigenvalue weighted by molar-refractivity contribution is 5.82. The molecule has 1 amide bonds. The number of β-amino-alcohol motifs (C(OH)–C–C–N with tert-alkyl or cyclic N) is 1. The molecule has 110 valence electrons. The van der Waals surface area contributed by atoms with Crippen LogP contribution >= 0.6 is 0 Å². The van der Waals surface area contributed by atoms with Crippen LogP contribution in [0.3, 0.4) is 0 Å². The van der Waals surface area contributed by atoms with E-state index in [1.54, 1.807) is 0 Å². The van der Waals surface area contributed by atoms with Crippen molar-refractivity contribution in [1.82, 2.24) is 10.6 Å². The highest BCUT2D eigenvalue weighted by Crippen LogP contribution is 2.14. The molecule has 0 saturated carbocycles. The van der Waals surface area contributed by atoms with Crippen LogP contribution in [-0.2, 0) is 4.79 Å². The van der Waals surface area contributed by atoms with Gasteiger partial charge in [0, 0.05) is 6.54 Å². The number of aliphatic hydroxyl groups is 1. The minimum absolute atomic E-state index is 0.0822. The average Bonchev–Trinajstić information content (AvgIpc) is 2.83. The molecule has 3 unspecified atom stereocenters. The van der Waals surface area contributed by atoms with Crippen molar-refractivity contribution in [2.75, 3.05) is 13.1 Å². The molecule has 3 N–H and O–H groups in total. The van der Waals surface area contributed by atoms with E-state index < -0.39 is 6.10 Å². The maximum absolute atomic E-state index is 11.9. The maximum Gasteiger partial charge on any atom is 0.237 e. The minimum Gasteiger partial charge on any atom is -0.489 e. The zero-order chi connectivity index (χ0) is 14.5. The van der Waals surface area contributed by atoms with Crippen LogP contribution in [0.25, 0.3) is 0 Å². The molecule has 0 aromatic heterocycles. The van der Waals surface area contributed by atoms with Crippen LogP contribution < -0.4 is 15.4 Å². The first kappa shape index (κ1) is 14.8. The normalized spacial score (nSPS) is 23.4. The summed E-state index contributed by atoms with van der Waals surface area (Å²) in [6, 6.07) is 7.53. The van der Waals surface area contributed by atoms with Gasteiger partial charge < -0.3 is 20.5 Å². The molecule has 2 rings (SSSR count). The molecule has 1 saturated heterocycles. The molecule has 0 aliphatic carbocycles. The van der Waals surface area contributed by atoms with Gasteiger partial charge in [-0.2, -0.15) is 0 Å². The zero-order valence-corrected chi connectivity index (χ0v) is 11.9. The summed E-state index contributed by atoms with van der Waals surface area (Å²) in [5, 5.41) is 15.2. The van der Waals surface area contributed by atoms with Crippen LogP contribution in [0.15, 0.2) is 24.3 Å². The average molecular weight is 278 g/mol. The summed E-state index contributed by atoms with van der Waals surface area (Å²) in [6.45, 7) is 4.85. The number of benzene rings is 1. The third-order valence-electron chi connectivity index (χ3n) is 3.31. The molecule has 1 aliphatic heterocycles. The number of ether oxygens (including phenoxy) is 1.